The number of hydrogen-bond acceptors (Lipinski definition) is 20. The normalized spacial score (nSPS) is 10.6. The first-order chi connectivity index (χ1) is 36.2. The Kier molecular flexibility index (Phi) is 35.2. The Morgan fingerprint density at radius 2 is 1.36 bits per heavy atom. The lowest BCUT2D eigenvalue weighted by Gasteiger charge is -2.32. The maximum atomic E-state index is 12.6. The Balaban J connectivity index is 0. The molecule has 0 radical (unpaired) electrons. The molecule has 4 heterocycles. The van der Waals surface area contributed by atoms with E-state index in [0.29, 0.717) is 50.5 Å². The van der Waals surface area contributed by atoms with Gasteiger partial charge in [-0.05, 0) is 129 Å². The standard InChI is InChI=1S/C19H24N4O4.C8H11FN2.C8H7FN2.C7H3BrFN.C3H5N3S.C3H4N2S.2CH5N.2CH4/c1-11-5-6-12(13(9-11)20-4)10-21-16(25)14-15(24)17(26)23-7-8-27-19(2,3)18(23)22-14;2*1-11-8-4-7(9)3-2-6(8)5-10;8-7-3-6(9)2-1-5(7)4-10;1-2-5-6-3(4)7-2;4-3-5-1-2-6-3;2*1-2;;/h5-6,9,20,24H,7-8,10H2,1-4H3,(H,21,25);2-4,11H,5,10H2,1H3;2-4,11H,1H3;1-3H;1H3,(H2,4,6);1-2H,(H2,4,5);2*2H2,1H3;2*1H4. The third-order valence-corrected chi connectivity index (χ3v) is 11.6. The first-order valence-corrected chi connectivity index (χ1v) is 25.0. The molecule has 20 nitrogen and oxygen atoms in total. The summed E-state index contributed by atoms with van der Waals surface area (Å²) in [5.41, 5.74) is 29.1. The molecular formula is C52H72BrF3N16O4S2. The number of nitrogens with zero attached hydrogens (tertiary/aromatic N) is 7. The summed E-state index contributed by atoms with van der Waals surface area (Å²) in [6.45, 7) is 8.68. The zero-order valence-electron chi connectivity index (χ0n) is 43.4. The third-order valence-electron chi connectivity index (χ3n) is 9.63. The second kappa shape index (κ2) is 38.0. The summed E-state index contributed by atoms with van der Waals surface area (Å²) in [5.74, 6) is -1.86. The highest BCUT2D eigenvalue weighted by Crippen LogP contribution is 2.28. The number of hydrogen-bond donors (Lipinski definition) is 10. The van der Waals surface area contributed by atoms with Crippen LogP contribution in [0.5, 0.6) is 5.75 Å². The third kappa shape index (κ3) is 23.7. The van der Waals surface area contributed by atoms with E-state index in [2.05, 4.69) is 68.8 Å². The van der Waals surface area contributed by atoms with Crippen molar-refractivity contribution >= 4 is 71.8 Å². The molecule has 0 aliphatic carbocycles. The van der Waals surface area contributed by atoms with Gasteiger partial charge in [0.05, 0.1) is 30.0 Å². The van der Waals surface area contributed by atoms with Crippen molar-refractivity contribution in [2.24, 2.45) is 17.2 Å². The monoisotopic (exact) mass is 1180 g/mol. The van der Waals surface area contributed by atoms with E-state index in [4.69, 9.17) is 32.5 Å². The van der Waals surface area contributed by atoms with E-state index in [0.717, 1.165) is 33.1 Å². The number of rotatable bonds is 7. The summed E-state index contributed by atoms with van der Waals surface area (Å²) in [7, 11) is 8.20. The Bertz CT molecular complexity index is 3030. The molecule has 0 fully saturated rings. The number of benzene rings is 4. The van der Waals surface area contributed by atoms with Gasteiger partial charge in [0.15, 0.2) is 10.8 Å². The van der Waals surface area contributed by atoms with Crippen LogP contribution in [0.3, 0.4) is 0 Å². The molecule has 1 amide bonds. The molecule has 0 saturated carbocycles. The van der Waals surface area contributed by atoms with E-state index in [1.807, 2.05) is 49.6 Å². The number of nitriles is 2. The smallest absolute Gasteiger partial charge is 0.296 e. The number of aromatic nitrogens is 5. The Hall–Kier alpha value is -7.69. The van der Waals surface area contributed by atoms with Crippen molar-refractivity contribution < 1.29 is 27.8 Å². The number of carbonyl (C=O) groups is 1. The molecule has 0 unspecified atom stereocenters. The highest BCUT2D eigenvalue weighted by Gasteiger charge is 2.34. The van der Waals surface area contributed by atoms with Crippen LogP contribution in [0.2, 0.25) is 0 Å². The first-order valence-electron chi connectivity index (χ1n) is 22.5. The van der Waals surface area contributed by atoms with Crippen molar-refractivity contribution in [2.45, 2.75) is 67.8 Å². The van der Waals surface area contributed by atoms with Crippen LogP contribution >= 0.6 is 38.6 Å². The molecule has 424 valence electrons. The molecule has 0 atom stereocenters. The lowest BCUT2D eigenvalue weighted by atomic mass is 10.1. The van der Waals surface area contributed by atoms with Gasteiger partial charge in [0.2, 0.25) is 10.9 Å². The van der Waals surface area contributed by atoms with Crippen LogP contribution in [0, 0.1) is 54.0 Å². The molecule has 26 heteroatoms. The van der Waals surface area contributed by atoms with Crippen molar-refractivity contribution in [1.82, 2.24) is 30.0 Å². The van der Waals surface area contributed by atoms with Crippen LogP contribution in [0.4, 0.5) is 40.5 Å². The Labute approximate surface area is 471 Å². The predicted molar refractivity (Wildman–Crippen MR) is 314 cm³/mol. The molecule has 1 aliphatic rings. The maximum absolute atomic E-state index is 12.6. The fourth-order valence-electron chi connectivity index (χ4n) is 6.07. The molecule has 0 saturated heterocycles. The minimum atomic E-state index is -0.823. The number of nitrogens with one attached hydrogen (secondary N) is 4. The number of thiazole rings is 1. The van der Waals surface area contributed by atoms with E-state index < -0.39 is 22.8 Å². The number of nitrogen functional groups attached to an aromatic ring is 2. The lowest BCUT2D eigenvalue weighted by molar-refractivity contribution is -0.0566. The molecule has 7 aromatic rings. The van der Waals surface area contributed by atoms with Crippen molar-refractivity contribution in [3.63, 3.8) is 0 Å². The minimum absolute atomic E-state index is 0. The number of aryl methyl sites for hydroxylation is 2. The fourth-order valence-corrected chi connectivity index (χ4v) is 7.36. The van der Waals surface area contributed by atoms with Crippen LogP contribution < -0.4 is 55.5 Å². The van der Waals surface area contributed by atoms with Gasteiger partial charge in [-0.3, -0.25) is 14.2 Å². The topological polar surface area (TPSA) is 346 Å². The van der Waals surface area contributed by atoms with Crippen LogP contribution in [0.25, 0.3) is 0 Å². The van der Waals surface area contributed by atoms with Crippen LogP contribution in [0.15, 0.2) is 93.6 Å². The molecular weight excluding hydrogens is 1110 g/mol. The van der Waals surface area contributed by atoms with E-state index in [9.17, 15) is 27.9 Å². The van der Waals surface area contributed by atoms with Gasteiger partial charge in [0, 0.05) is 61.7 Å². The molecule has 3 aromatic heterocycles. The molecule has 78 heavy (non-hydrogen) atoms. The summed E-state index contributed by atoms with van der Waals surface area (Å²) < 4.78 is 45.0. The van der Waals surface area contributed by atoms with Crippen molar-refractivity contribution in [3.05, 3.63) is 161 Å². The molecule has 15 N–H and O–H groups in total. The number of aromatic hydroxyl groups is 1. The second-order valence-corrected chi connectivity index (χ2v) is 18.1. The van der Waals surface area contributed by atoms with Crippen LogP contribution in [0.1, 0.15) is 77.8 Å². The van der Waals surface area contributed by atoms with Gasteiger partial charge in [0.1, 0.15) is 46.0 Å². The van der Waals surface area contributed by atoms with Crippen LogP contribution in [-0.4, -0.2) is 77.6 Å². The number of halogens is 4. The van der Waals surface area contributed by atoms with Gasteiger partial charge < -0.3 is 59.8 Å². The van der Waals surface area contributed by atoms with Gasteiger partial charge in [-0.15, -0.1) is 21.5 Å². The van der Waals surface area contributed by atoms with Gasteiger partial charge >= 0.3 is 0 Å². The van der Waals surface area contributed by atoms with E-state index in [-0.39, 0.29) is 51.1 Å². The summed E-state index contributed by atoms with van der Waals surface area (Å²) in [4.78, 5) is 33.0. The molecule has 1 aliphatic heterocycles. The molecule has 4 aromatic carbocycles. The minimum Gasteiger partial charge on any atom is -0.501 e. The number of amides is 1. The Morgan fingerprint density at radius 1 is 0.821 bits per heavy atom. The zero-order chi connectivity index (χ0) is 57.5. The number of fused-ring (bicyclic) bond motifs is 1. The highest BCUT2D eigenvalue weighted by atomic mass is 79.9. The maximum Gasteiger partial charge on any atom is 0.296 e. The van der Waals surface area contributed by atoms with Gasteiger partial charge in [-0.2, -0.15) is 10.5 Å². The first kappa shape index (κ1) is 72.4. The molecule has 0 spiro atoms. The average molecular weight is 1190 g/mol. The summed E-state index contributed by atoms with van der Waals surface area (Å²) in [6.07, 6.45) is 1.68. The summed E-state index contributed by atoms with van der Waals surface area (Å²) in [5, 5.41) is 49.7. The second-order valence-electron chi connectivity index (χ2n) is 15.1. The van der Waals surface area contributed by atoms with E-state index >= 15 is 0 Å². The number of ether oxygens (including phenoxy) is 1. The summed E-state index contributed by atoms with van der Waals surface area (Å²) in [6, 6.07) is 22.2. The van der Waals surface area contributed by atoms with Crippen molar-refractivity contribution in [1.29, 1.82) is 10.5 Å². The van der Waals surface area contributed by atoms with Gasteiger partial charge in [0.25, 0.3) is 11.5 Å². The predicted octanol–water partition coefficient (Wildman–Crippen LogP) is 8.60. The van der Waals surface area contributed by atoms with Gasteiger partial charge in [-0.25, -0.2) is 23.1 Å². The van der Waals surface area contributed by atoms with Crippen molar-refractivity contribution in [3.8, 4) is 17.9 Å². The quantitative estimate of drug-likeness (QED) is 0.0714. The largest absolute Gasteiger partial charge is 0.501 e. The number of anilines is 5. The van der Waals surface area contributed by atoms with Crippen LogP contribution in [-0.2, 0) is 30.0 Å². The highest BCUT2D eigenvalue weighted by molar-refractivity contribution is 9.10. The van der Waals surface area contributed by atoms with Crippen molar-refractivity contribution in [2.75, 3.05) is 69.3 Å². The summed E-state index contributed by atoms with van der Waals surface area (Å²) >= 11 is 5.89. The average Bonchev–Trinajstić information content (AvgIpc) is 4.07. The SMILES string of the molecule is C.C.CN.CN.CNc1cc(C)ccc1CNC(=O)c1nc2n(c(=O)c1O)CCOC2(C)C.CNc1cc(F)ccc1C#N.CNc1cc(F)ccc1CN.Cc1nnc(N)s1.N#Cc1ccc(F)cc1Br.Nc1nccs1. The lowest BCUT2D eigenvalue weighted by Crippen LogP contribution is -2.42. The molecule has 8 rings (SSSR count). The Morgan fingerprint density at radius 3 is 1.82 bits per heavy atom. The number of nitrogens with two attached hydrogens (primary N) is 5. The van der Waals surface area contributed by atoms with E-state index in [1.165, 1.54) is 89.9 Å². The van der Waals surface area contributed by atoms with E-state index in [1.54, 1.807) is 47.3 Å². The number of carbonyl (C=O) groups excluding carboxylic acids is 1. The molecule has 0 bridgehead atoms. The zero-order valence-corrected chi connectivity index (χ0v) is 46.6. The van der Waals surface area contributed by atoms with Gasteiger partial charge in [-0.1, -0.05) is 44.4 Å². The fraction of sp³-hybridized carbons (Fsp3) is 0.308.